The van der Waals surface area contributed by atoms with Crippen LogP contribution in [0.1, 0.15) is 273 Å². The number of rotatable bonds is 51. The largest absolute Gasteiger partial charge is 0.469 e. The first-order valence-electron chi connectivity index (χ1n) is 29.3. The van der Waals surface area contributed by atoms with Crippen LogP contribution in [0.25, 0.3) is 0 Å². The fraction of sp³-hybridized carbons (Fsp3) is 0.914. The molecule has 0 aliphatic carbocycles. The molecule has 1 N–H and O–H groups in total. The average molecular weight is 979 g/mol. The summed E-state index contributed by atoms with van der Waals surface area (Å²) < 4.78 is 16.5. The molecule has 0 rings (SSSR count). The average Bonchev–Trinajstić information content (AvgIpc) is 3.35. The van der Waals surface area contributed by atoms with E-state index in [1.165, 1.54) is 136 Å². The lowest BCUT2D eigenvalue weighted by atomic mass is 9.95. The summed E-state index contributed by atoms with van der Waals surface area (Å²) >= 11 is 0. The Balaban J connectivity index is 5.65. The first kappa shape index (κ1) is 66.3. The van der Waals surface area contributed by atoms with Crippen molar-refractivity contribution in [1.29, 1.82) is 0 Å². The Morgan fingerprint density at radius 1 is 0.420 bits per heavy atom. The van der Waals surface area contributed by atoms with Crippen LogP contribution in [-0.2, 0) is 38.2 Å². The second kappa shape index (κ2) is 48.9. The molecule has 0 aliphatic heterocycles. The SMILES string of the molecule is CCCCCCCCC(CCCCCC)COC(=O)CCCCCC(C(=O)NCCCC(=O)OCC(CCCCCC)CCCCCCCC)N(CCCN(CC)CC)C(=O)CCCCC(=O)OC. The zero-order valence-corrected chi connectivity index (χ0v) is 46.3. The Morgan fingerprint density at radius 2 is 0.812 bits per heavy atom. The van der Waals surface area contributed by atoms with Crippen LogP contribution in [0.2, 0.25) is 0 Å². The Hall–Kier alpha value is -2.69. The second-order valence-corrected chi connectivity index (χ2v) is 20.2. The minimum Gasteiger partial charge on any atom is -0.469 e. The molecule has 0 saturated carbocycles. The molecule has 0 saturated heterocycles. The van der Waals surface area contributed by atoms with Crippen LogP contribution in [-0.4, -0.2) is 98.6 Å². The normalized spacial score (nSPS) is 12.7. The van der Waals surface area contributed by atoms with E-state index in [4.69, 9.17) is 14.2 Å². The molecule has 0 spiro atoms. The van der Waals surface area contributed by atoms with Gasteiger partial charge in [-0.25, -0.2) is 0 Å². The van der Waals surface area contributed by atoms with Crippen molar-refractivity contribution >= 4 is 29.7 Å². The van der Waals surface area contributed by atoms with Crippen LogP contribution in [0.15, 0.2) is 0 Å². The number of unbranched alkanes of at least 4 members (excludes halogenated alkanes) is 19. The van der Waals surface area contributed by atoms with Crippen LogP contribution in [0.5, 0.6) is 0 Å². The van der Waals surface area contributed by atoms with Crippen LogP contribution < -0.4 is 5.32 Å². The van der Waals surface area contributed by atoms with Crippen LogP contribution in [0.3, 0.4) is 0 Å². The van der Waals surface area contributed by atoms with Gasteiger partial charge in [0.05, 0.1) is 20.3 Å². The minimum atomic E-state index is -0.681. The molecule has 0 aliphatic rings. The molecule has 0 radical (unpaired) electrons. The summed E-state index contributed by atoms with van der Waals surface area (Å²) in [6.07, 6.45) is 35.1. The van der Waals surface area contributed by atoms with Gasteiger partial charge in [-0.05, 0) is 95.7 Å². The van der Waals surface area contributed by atoms with Crippen LogP contribution in [0, 0.1) is 11.8 Å². The number of amides is 2. The third kappa shape index (κ3) is 39.6. The van der Waals surface area contributed by atoms with Crippen molar-refractivity contribution < 1.29 is 38.2 Å². The third-order valence-electron chi connectivity index (χ3n) is 14.1. The maximum atomic E-state index is 14.2. The molecule has 0 heterocycles. The molecule has 0 aromatic carbocycles. The molecule has 0 fully saturated rings. The van der Waals surface area contributed by atoms with Gasteiger partial charge in [-0.15, -0.1) is 0 Å². The molecule has 3 unspecified atom stereocenters. The van der Waals surface area contributed by atoms with Crippen molar-refractivity contribution in [3.05, 3.63) is 0 Å². The number of nitrogens with one attached hydrogen (secondary N) is 1. The van der Waals surface area contributed by atoms with Gasteiger partial charge >= 0.3 is 17.9 Å². The highest BCUT2D eigenvalue weighted by Gasteiger charge is 2.29. The van der Waals surface area contributed by atoms with Gasteiger partial charge in [0, 0.05) is 38.8 Å². The monoisotopic (exact) mass is 978 g/mol. The summed E-state index contributed by atoms with van der Waals surface area (Å²) in [6, 6.07) is -0.681. The van der Waals surface area contributed by atoms with E-state index < -0.39 is 6.04 Å². The fourth-order valence-corrected chi connectivity index (χ4v) is 9.36. The van der Waals surface area contributed by atoms with Gasteiger partial charge in [0.25, 0.3) is 0 Å². The summed E-state index contributed by atoms with van der Waals surface area (Å²) in [7, 11) is 1.37. The zero-order valence-electron chi connectivity index (χ0n) is 46.3. The standard InChI is InChI=1S/C58H111N3O8/c1-8-14-18-22-24-29-39-51(37-27-20-16-10-3)49-68-56(64)44-32-26-31-41-53(61(48-36-47-60(12-5)13-6)54(62)42-33-34-43-55(63)67-7)58(66)59-46-35-45-57(65)69-50-52(38-28-21-17-11-4)40-30-25-23-19-15-9-2/h51-53H,8-50H2,1-7H3,(H,59,66). The Morgan fingerprint density at radius 3 is 1.29 bits per heavy atom. The smallest absolute Gasteiger partial charge is 0.305 e. The van der Waals surface area contributed by atoms with E-state index in [1.807, 2.05) is 0 Å². The first-order chi connectivity index (χ1) is 33.6. The Kier molecular flexibility index (Phi) is 47.0. The summed E-state index contributed by atoms with van der Waals surface area (Å²) in [5.74, 6) is -0.159. The molecule has 3 atom stereocenters. The van der Waals surface area contributed by atoms with Gasteiger partial charge in [-0.2, -0.15) is 0 Å². The van der Waals surface area contributed by atoms with Crippen molar-refractivity contribution in [2.75, 3.05) is 53.0 Å². The minimum absolute atomic E-state index is 0.0952. The third-order valence-corrected chi connectivity index (χ3v) is 14.1. The van der Waals surface area contributed by atoms with E-state index in [2.05, 4.69) is 51.8 Å². The summed E-state index contributed by atoms with van der Waals surface area (Å²) in [5.41, 5.74) is 0. The highest BCUT2D eigenvalue weighted by atomic mass is 16.5. The molecule has 0 aromatic heterocycles. The van der Waals surface area contributed by atoms with Gasteiger partial charge in [-0.3, -0.25) is 24.0 Å². The number of esters is 3. The van der Waals surface area contributed by atoms with E-state index in [1.54, 1.807) is 4.90 Å². The Labute approximate surface area is 425 Å². The number of nitrogens with zero attached hydrogens (tertiary/aromatic N) is 2. The van der Waals surface area contributed by atoms with Crippen molar-refractivity contribution in [2.45, 2.75) is 279 Å². The van der Waals surface area contributed by atoms with Crippen molar-refractivity contribution in [2.24, 2.45) is 11.8 Å². The van der Waals surface area contributed by atoms with E-state index in [0.29, 0.717) is 83.1 Å². The topological polar surface area (TPSA) is 132 Å². The predicted octanol–water partition coefficient (Wildman–Crippen LogP) is 14.3. The van der Waals surface area contributed by atoms with Crippen LogP contribution >= 0.6 is 0 Å². The molecular formula is C58H111N3O8. The second-order valence-electron chi connectivity index (χ2n) is 20.2. The van der Waals surface area contributed by atoms with Gasteiger partial charge in [0.15, 0.2) is 0 Å². The quantitative estimate of drug-likeness (QED) is 0.0359. The molecular weight excluding hydrogens is 867 g/mol. The molecule has 69 heavy (non-hydrogen) atoms. The summed E-state index contributed by atoms with van der Waals surface area (Å²) in [6.45, 7) is 17.6. The van der Waals surface area contributed by atoms with Gasteiger partial charge in [0.1, 0.15) is 6.04 Å². The number of carbonyl (C=O) groups excluding carboxylic acids is 5. The first-order valence-corrected chi connectivity index (χ1v) is 29.3. The predicted molar refractivity (Wildman–Crippen MR) is 286 cm³/mol. The van der Waals surface area contributed by atoms with Gasteiger partial charge in [0.2, 0.25) is 11.8 Å². The number of carbonyl (C=O) groups is 5. The Bertz CT molecular complexity index is 1230. The van der Waals surface area contributed by atoms with Crippen LogP contribution in [0.4, 0.5) is 0 Å². The lowest BCUT2D eigenvalue weighted by molar-refractivity contribution is -0.146. The summed E-state index contributed by atoms with van der Waals surface area (Å²) in [4.78, 5) is 70.0. The van der Waals surface area contributed by atoms with Crippen molar-refractivity contribution in [3.63, 3.8) is 0 Å². The summed E-state index contributed by atoms with van der Waals surface area (Å²) in [5, 5.41) is 3.09. The number of hydrogen-bond acceptors (Lipinski definition) is 9. The van der Waals surface area contributed by atoms with E-state index >= 15 is 0 Å². The fourth-order valence-electron chi connectivity index (χ4n) is 9.36. The van der Waals surface area contributed by atoms with Crippen molar-refractivity contribution in [1.82, 2.24) is 15.1 Å². The maximum Gasteiger partial charge on any atom is 0.305 e. The number of hydrogen-bond donors (Lipinski definition) is 1. The lowest BCUT2D eigenvalue weighted by Gasteiger charge is -2.32. The molecule has 0 aromatic rings. The highest BCUT2D eigenvalue weighted by molar-refractivity contribution is 5.87. The number of methoxy groups -OCH3 is 1. The van der Waals surface area contributed by atoms with E-state index in [0.717, 1.165) is 58.2 Å². The van der Waals surface area contributed by atoms with E-state index in [9.17, 15) is 24.0 Å². The van der Waals surface area contributed by atoms with Crippen molar-refractivity contribution in [3.8, 4) is 0 Å². The van der Waals surface area contributed by atoms with Gasteiger partial charge in [-0.1, -0.05) is 183 Å². The maximum absolute atomic E-state index is 14.2. The molecule has 11 heteroatoms. The molecule has 0 bridgehead atoms. The highest BCUT2D eigenvalue weighted by Crippen LogP contribution is 2.22. The van der Waals surface area contributed by atoms with E-state index in [-0.39, 0.29) is 49.0 Å². The molecule has 11 nitrogen and oxygen atoms in total. The molecule has 406 valence electrons. The number of ether oxygens (including phenoxy) is 3. The molecule has 2 amide bonds. The lowest BCUT2D eigenvalue weighted by Crippen LogP contribution is -2.50. The zero-order chi connectivity index (χ0) is 51.0. The van der Waals surface area contributed by atoms with Gasteiger partial charge < -0.3 is 29.3 Å².